The monoisotopic (exact) mass is 427 g/mol. The van der Waals surface area contributed by atoms with Crippen LogP contribution in [0.25, 0.3) is 10.6 Å². The molecular weight excluding hydrogens is 406 g/mol. The highest BCUT2D eigenvalue weighted by atomic mass is 32.1. The number of benzene rings is 2. The van der Waals surface area contributed by atoms with E-state index in [0.29, 0.717) is 33.6 Å². The van der Waals surface area contributed by atoms with Crippen LogP contribution in [0.4, 0.5) is 11.4 Å². The normalized spacial score (nSPS) is 10.3. The Balaban J connectivity index is 1.87. The van der Waals surface area contributed by atoms with E-state index in [-0.39, 0.29) is 11.6 Å². The number of thiazole rings is 1. The third-order valence-corrected chi connectivity index (χ3v) is 5.01. The zero-order chi connectivity index (χ0) is 21.7. The van der Waals surface area contributed by atoms with Crippen molar-refractivity contribution in [2.45, 2.75) is 6.92 Å². The van der Waals surface area contributed by atoms with Crippen molar-refractivity contribution < 1.29 is 23.8 Å². The van der Waals surface area contributed by atoms with E-state index in [1.54, 1.807) is 43.9 Å². The van der Waals surface area contributed by atoms with Gasteiger partial charge in [0.15, 0.2) is 11.5 Å². The number of hydrogen-bond donors (Lipinski definition) is 2. The number of ether oxygens (including phenoxy) is 3. The fourth-order valence-electron chi connectivity index (χ4n) is 2.83. The van der Waals surface area contributed by atoms with Gasteiger partial charge in [-0.15, -0.1) is 11.3 Å². The number of carbonyl (C=O) groups excluding carboxylic acids is 2. The van der Waals surface area contributed by atoms with Crippen molar-refractivity contribution in [2.24, 2.45) is 0 Å². The van der Waals surface area contributed by atoms with Crippen LogP contribution in [-0.2, 0) is 4.79 Å². The molecule has 1 heterocycles. The number of amides is 2. The second-order valence-electron chi connectivity index (χ2n) is 6.13. The molecule has 8 nitrogen and oxygen atoms in total. The third kappa shape index (κ3) is 4.52. The summed E-state index contributed by atoms with van der Waals surface area (Å²) in [5, 5.41) is 7.73. The Morgan fingerprint density at radius 3 is 2.40 bits per heavy atom. The van der Waals surface area contributed by atoms with Crippen LogP contribution in [0.1, 0.15) is 17.4 Å². The van der Waals surface area contributed by atoms with Gasteiger partial charge in [-0.05, 0) is 30.3 Å². The molecule has 0 saturated carbocycles. The maximum absolute atomic E-state index is 12.8. The molecule has 30 heavy (non-hydrogen) atoms. The first-order valence-corrected chi connectivity index (χ1v) is 9.78. The predicted octanol–water partition coefficient (Wildman–Crippen LogP) is 4.05. The number of aromatic nitrogens is 1. The van der Waals surface area contributed by atoms with Crippen molar-refractivity contribution in [3.05, 3.63) is 47.5 Å². The maximum Gasteiger partial charge on any atom is 0.275 e. The van der Waals surface area contributed by atoms with Gasteiger partial charge in [-0.3, -0.25) is 9.59 Å². The number of rotatable bonds is 7. The van der Waals surface area contributed by atoms with Gasteiger partial charge < -0.3 is 24.8 Å². The summed E-state index contributed by atoms with van der Waals surface area (Å²) in [5.41, 5.74) is 1.93. The van der Waals surface area contributed by atoms with Crippen molar-refractivity contribution in [1.29, 1.82) is 0 Å². The number of anilines is 2. The Hall–Kier alpha value is -3.59. The summed E-state index contributed by atoms with van der Waals surface area (Å²) in [7, 11) is 4.61. The Morgan fingerprint density at radius 1 is 0.967 bits per heavy atom. The summed E-state index contributed by atoms with van der Waals surface area (Å²) in [6.45, 7) is 1.41. The molecule has 9 heteroatoms. The minimum atomic E-state index is -0.405. The lowest BCUT2D eigenvalue weighted by Gasteiger charge is -2.12. The van der Waals surface area contributed by atoms with Crippen LogP contribution < -0.4 is 24.8 Å². The Bertz CT molecular complexity index is 1080. The van der Waals surface area contributed by atoms with Crippen molar-refractivity contribution in [3.63, 3.8) is 0 Å². The molecule has 0 spiro atoms. The standard InChI is InChI=1S/C21H21N3O5S/c1-12(25)22-13-8-9-17(27-2)15(10-13)23-20(26)16-11-30-21(24-16)14-6-5-7-18(28-3)19(14)29-4/h5-11H,1-4H3,(H,22,25)(H,23,26). The van der Waals surface area contributed by atoms with Gasteiger partial charge in [0.2, 0.25) is 5.91 Å². The number of nitrogens with zero attached hydrogens (tertiary/aromatic N) is 1. The third-order valence-electron chi connectivity index (χ3n) is 4.14. The highest BCUT2D eigenvalue weighted by Crippen LogP contribution is 2.39. The molecule has 0 atom stereocenters. The van der Waals surface area contributed by atoms with E-state index in [0.717, 1.165) is 5.56 Å². The van der Waals surface area contributed by atoms with E-state index >= 15 is 0 Å². The van der Waals surface area contributed by atoms with E-state index in [1.165, 1.54) is 25.4 Å². The van der Waals surface area contributed by atoms with Gasteiger partial charge in [0.25, 0.3) is 5.91 Å². The van der Waals surface area contributed by atoms with Crippen molar-refractivity contribution in [3.8, 4) is 27.8 Å². The molecule has 0 bridgehead atoms. The zero-order valence-electron chi connectivity index (χ0n) is 16.9. The highest BCUT2D eigenvalue weighted by Gasteiger charge is 2.18. The number of carbonyl (C=O) groups is 2. The van der Waals surface area contributed by atoms with Gasteiger partial charge in [0.1, 0.15) is 16.5 Å². The Labute approximate surface area is 177 Å². The second-order valence-corrected chi connectivity index (χ2v) is 6.99. The minimum Gasteiger partial charge on any atom is -0.495 e. The number of hydrogen-bond acceptors (Lipinski definition) is 7. The van der Waals surface area contributed by atoms with Crippen LogP contribution >= 0.6 is 11.3 Å². The van der Waals surface area contributed by atoms with E-state index in [2.05, 4.69) is 15.6 Å². The van der Waals surface area contributed by atoms with Crippen molar-refractivity contribution in [2.75, 3.05) is 32.0 Å². The van der Waals surface area contributed by atoms with Crippen LogP contribution in [0.15, 0.2) is 41.8 Å². The van der Waals surface area contributed by atoms with Gasteiger partial charge >= 0.3 is 0 Å². The fraction of sp³-hybridized carbons (Fsp3) is 0.190. The minimum absolute atomic E-state index is 0.214. The molecule has 156 valence electrons. The summed E-state index contributed by atoms with van der Waals surface area (Å²) >= 11 is 1.32. The molecule has 3 rings (SSSR count). The lowest BCUT2D eigenvalue weighted by Crippen LogP contribution is -2.14. The predicted molar refractivity (Wildman–Crippen MR) is 116 cm³/mol. The van der Waals surface area contributed by atoms with Crippen LogP contribution in [-0.4, -0.2) is 38.1 Å². The fourth-order valence-corrected chi connectivity index (χ4v) is 3.65. The summed E-state index contributed by atoms with van der Waals surface area (Å²) < 4.78 is 16.1. The van der Waals surface area contributed by atoms with E-state index in [4.69, 9.17) is 14.2 Å². The number of para-hydroxylation sites is 1. The number of methoxy groups -OCH3 is 3. The van der Waals surface area contributed by atoms with Gasteiger partial charge in [-0.25, -0.2) is 4.98 Å². The molecule has 2 N–H and O–H groups in total. The molecule has 2 aromatic carbocycles. The number of nitrogens with one attached hydrogen (secondary N) is 2. The Morgan fingerprint density at radius 2 is 1.73 bits per heavy atom. The molecule has 0 radical (unpaired) electrons. The van der Waals surface area contributed by atoms with Gasteiger partial charge in [0, 0.05) is 18.0 Å². The van der Waals surface area contributed by atoms with E-state index in [9.17, 15) is 9.59 Å². The van der Waals surface area contributed by atoms with Crippen LogP contribution in [0, 0.1) is 0 Å². The molecule has 0 fully saturated rings. The van der Waals surface area contributed by atoms with Gasteiger partial charge in [-0.1, -0.05) is 6.07 Å². The van der Waals surface area contributed by atoms with Gasteiger partial charge in [0.05, 0.1) is 32.6 Å². The molecule has 0 aliphatic carbocycles. The summed E-state index contributed by atoms with van der Waals surface area (Å²) in [5.74, 6) is 0.968. The summed E-state index contributed by atoms with van der Waals surface area (Å²) in [6, 6.07) is 10.4. The van der Waals surface area contributed by atoms with E-state index < -0.39 is 5.91 Å². The molecule has 0 aliphatic rings. The van der Waals surface area contributed by atoms with Crippen LogP contribution in [0.5, 0.6) is 17.2 Å². The quantitative estimate of drug-likeness (QED) is 0.590. The highest BCUT2D eigenvalue weighted by molar-refractivity contribution is 7.13. The van der Waals surface area contributed by atoms with Crippen molar-refractivity contribution >= 4 is 34.5 Å². The first kappa shape index (κ1) is 21.1. The molecule has 3 aromatic rings. The molecular formula is C21H21N3O5S. The van der Waals surface area contributed by atoms with Crippen LogP contribution in [0.2, 0.25) is 0 Å². The van der Waals surface area contributed by atoms with Gasteiger partial charge in [-0.2, -0.15) is 0 Å². The topological polar surface area (TPSA) is 98.8 Å². The molecule has 0 unspecified atom stereocenters. The summed E-state index contributed by atoms with van der Waals surface area (Å²) in [6.07, 6.45) is 0. The molecule has 0 aliphatic heterocycles. The largest absolute Gasteiger partial charge is 0.495 e. The van der Waals surface area contributed by atoms with Crippen molar-refractivity contribution in [1.82, 2.24) is 4.98 Å². The van der Waals surface area contributed by atoms with Crippen LogP contribution in [0.3, 0.4) is 0 Å². The molecule has 0 saturated heterocycles. The Kier molecular flexibility index (Phi) is 6.53. The zero-order valence-corrected chi connectivity index (χ0v) is 17.8. The summed E-state index contributed by atoms with van der Waals surface area (Å²) in [4.78, 5) is 28.5. The maximum atomic E-state index is 12.8. The first-order valence-electron chi connectivity index (χ1n) is 8.90. The first-order chi connectivity index (χ1) is 14.5. The second kappa shape index (κ2) is 9.27. The molecule has 2 amide bonds. The van der Waals surface area contributed by atoms with E-state index in [1.807, 2.05) is 12.1 Å². The average molecular weight is 427 g/mol. The lowest BCUT2D eigenvalue weighted by atomic mass is 10.2. The molecule has 1 aromatic heterocycles. The SMILES string of the molecule is COc1ccc(NC(C)=O)cc1NC(=O)c1csc(-c2cccc(OC)c2OC)n1. The lowest BCUT2D eigenvalue weighted by molar-refractivity contribution is -0.114. The smallest absolute Gasteiger partial charge is 0.275 e. The average Bonchev–Trinajstić information content (AvgIpc) is 3.23.